The van der Waals surface area contributed by atoms with Crippen LogP contribution < -0.4 is 10.6 Å². The molecule has 4 nitrogen and oxygen atoms in total. The van der Waals surface area contributed by atoms with Crippen LogP contribution >= 0.6 is 23.6 Å². The fourth-order valence-electron chi connectivity index (χ4n) is 1.26. The van der Waals surface area contributed by atoms with E-state index in [1.807, 2.05) is 22.2 Å². The maximum Gasteiger partial charge on any atom is 0.193 e. The molecule has 0 aromatic carbocycles. The van der Waals surface area contributed by atoms with Crippen LogP contribution in [0.25, 0.3) is 4.96 Å². The number of nitrogens with one attached hydrogen (secondary N) is 2. The summed E-state index contributed by atoms with van der Waals surface area (Å²) >= 11 is 6.70. The Bertz CT molecular complexity index is 471. The summed E-state index contributed by atoms with van der Waals surface area (Å²) in [7, 11) is 0. The van der Waals surface area contributed by atoms with Gasteiger partial charge in [-0.05, 0) is 12.2 Å². The van der Waals surface area contributed by atoms with Gasteiger partial charge in [0.25, 0.3) is 0 Å². The van der Waals surface area contributed by atoms with Crippen LogP contribution in [0.3, 0.4) is 0 Å². The van der Waals surface area contributed by atoms with Gasteiger partial charge < -0.3 is 10.6 Å². The number of rotatable bonds is 4. The first-order chi connectivity index (χ1) is 7.79. The maximum atomic E-state index is 5.08. The average Bonchev–Trinajstić information content (AvgIpc) is 2.83. The van der Waals surface area contributed by atoms with Crippen molar-refractivity contribution in [3.8, 4) is 0 Å². The number of aromatic nitrogens is 2. The molecule has 0 unspecified atom stereocenters. The first-order valence-corrected chi connectivity index (χ1v) is 6.12. The van der Waals surface area contributed by atoms with E-state index in [2.05, 4.69) is 22.2 Å². The second-order valence-corrected chi connectivity index (χ2v) is 4.46. The smallest absolute Gasteiger partial charge is 0.193 e. The molecule has 2 rings (SSSR count). The molecule has 2 N–H and O–H groups in total. The fourth-order valence-corrected chi connectivity index (χ4v) is 2.13. The summed E-state index contributed by atoms with van der Waals surface area (Å²) < 4.78 is 2.00. The quantitative estimate of drug-likeness (QED) is 0.640. The molecule has 0 aliphatic carbocycles. The summed E-state index contributed by atoms with van der Waals surface area (Å²) in [5, 5.41) is 8.72. The van der Waals surface area contributed by atoms with Gasteiger partial charge >= 0.3 is 0 Å². The number of hydrogen-bond acceptors (Lipinski definition) is 3. The minimum absolute atomic E-state index is 0.622. The van der Waals surface area contributed by atoms with Crippen LogP contribution in [0, 0.1) is 0 Å². The Kier molecular flexibility index (Phi) is 3.53. The summed E-state index contributed by atoms with van der Waals surface area (Å²) in [5.74, 6) is 0. The van der Waals surface area contributed by atoms with E-state index in [0.29, 0.717) is 18.2 Å². The highest BCUT2D eigenvalue weighted by Gasteiger charge is 2.02. The summed E-state index contributed by atoms with van der Waals surface area (Å²) in [4.78, 5) is 5.44. The van der Waals surface area contributed by atoms with Gasteiger partial charge in [-0.3, -0.25) is 4.40 Å². The first kappa shape index (κ1) is 11.1. The van der Waals surface area contributed by atoms with Crippen molar-refractivity contribution in [3.63, 3.8) is 0 Å². The normalized spacial score (nSPS) is 10.2. The van der Waals surface area contributed by atoms with Gasteiger partial charge in [-0.2, -0.15) is 0 Å². The van der Waals surface area contributed by atoms with Crippen LogP contribution in [0.2, 0.25) is 0 Å². The van der Waals surface area contributed by atoms with Crippen molar-refractivity contribution < 1.29 is 0 Å². The molecule has 0 fully saturated rings. The third kappa shape index (κ3) is 2.59. The number of thiocarbonyl (C=S) groups is 1. The molecule has 0 amide bonds. The highest BCUT2D eigenvalue weighted by Crippen LogP contribution is 2.10. The van der Waals surface area contributed by atoms with Crippen LogP contribution in [0.4, 0.5) is 0 Å². The van der Waals surface area contributed by atoms with Crippen molar-refractivity contribution in [1.29, 1.82) is 0 Å². The number of hydrogen-bond donors (Lipinski definition) is 2. The van der Waals surface area contributed by atoms with Gasteiger partial charge in [0, 0.05) is 24.3 Å². The molecule has 0 atom stereocenters. The van der Waals surface area contributed by atoms with Gasteiger partial charge in [0.2, 0.25) is 0 Å². The molecule has 2 heterocycles. The number of thiazole rings is 1. The van der Waals surface area contributed by atoms with Crippen molar-refractivity contribution in [2.75, 3.05) is 6.54 Å². The van der Waals surface area contributed by atoms with Crippen molar-refractivity contribution in [3.05, 3.63) is 36.1 Å². The van der Waals surface area contributed by atoms with Crippen molar-refractivity contribution >= 4 is 33.6 Å². The van der Waals surface area contributed by atoms with Crippen molar-refractivity contribution in [2.24, 2.45) is 0 Å². The minimum atomic E-state index is 0.622. The summed E-state index contributed by atoms with van der Waals surface area (Å²) in [6, 6.07) is 0. The van der Waals surface area contributed by atoms with Crippen LogP contribution in [0.5, 0.6) is 0 Å². The third-order valence-electron chi connectivity index (χ3n) is 1.98. The molecular weight excluding hydrogens is 240 g/mol. The fraction of sp³-hybridized carbons (Fsp3) is 0.200. The molecule has 84 valence electrons. The Morgan fingerprint density at radius 1 is 1.62 bits per heavy atom. The van der Waals surface area contributed by atoms with Gasteiger partial charge in [0.1, 0.15) is 0 Å². The molecule has 0 saturated heterocycles. The summed E-state index contributed by atoms with van der Waals surface area (Å²) in [6.45, 7) is 4.92. The highest BCUT2D eigenvalue weighted by atomic mass is 32.1. The molecule has 0 aliphatic heterocycles. The van der Waals surface area contributed by atoms with Crippen LogP contribution in [0.1, 0.15) is 5.69 Å². The van der Waals surface area contributed by atoms with Gasteiger partial charge in [-0.1, -0.05) is 6.08 Å². The zero-order valence-corrected chi connectivity index (χ0v) is 10.3. The summed E-state index contributed by atoms with van der Waals surface area (Å²) in [5.41, 5.74) is 0.981. The van der Waals surface area contributed by atoms with Gasteiger partial charge in [0.05, 0.1) is 12.2 Å². The number of fused-ring (bicyclic) bond motifs is 1. The van der Waals surface area contributed by atoms with E-state index in [1.54, 1.807) is 17.4 Å². The molecule has 0 bridgehead atoms. The Morgan fingerprint density at radius 2 is 2.50 bits per heavy atom. The second kappa shape index (κ2) is 5.09. The van der Waals surface area contributed by atoms with E-state index in [4.69, 9.17) is 12.2 Å². The Balaban J connectivity index is 1.88. The number of imidazole rings is 1. The van der Waals surface area contributed by atoms with Crippen LogP contribution in [0.15, 0.2) is 30.4 Å². The highest BCUT2D eigenvalue weighted by molar-refractivity contribution is 7.80. The van der Waals surface area contributed by atoms with E-state index < -0.39 is 0 Å². The van der Waals surface area contributed by atoms with Crippen LogP contribution in [-0.4, -0.2) is 21.0 Å². The second-order valence-electron chi connectivity index (χ2n) is 3.18. The van der Waals surface area contributed by atoms with Gasteiger partial charge in [-0.25, -0.2) is 4.98 Å². The molecule has 16 heavy (non-hydrogen) atoms. The topological polar surface area (TPSA) is 41.4 Å². The zero-order valence-electron chi connectivity index (χ0n) is 8.64. The van der Waals surface area contributed by atoms with Crippen LogP contribution in [-0.2, 0) is 6.54 Å². The molecule has 0 saturated carbocycles. The maximum absolute atomic E-state index is 5.08. The molecule has 0 aliphatic rings. The molecule has 6 heteroatoms. The lowest BCUT2D eigenvalue weighted by molar-refractivity contribution is 0.852. The van der Waals surface area contributed by atoms with E-state index in [9.17, 15) is 0 Å². The molecular formula is C10H12N4S2. The average molecular weight is 252 g/mol. The standard InChI is InChI=1S/C10H12N4S2/c1-2-3-11-9(15)12-6-8-7-14-4-5-16-10(14)13-8/h2,4-5,7H,1,3,6H2,(H2,11,12,15). The van der Waals surface area contributed by atoms with Gasteiger partial charge in [0.15, 0.2) is 10.1 Å². The number of nitrogens with zero attached hydrogens (tertiary/aromatic N) is 2. The van der Waals surface area contributed by atoms with E-state index >= 15 is 0 Å². The van der Waals surface area contributed by atoms with Crippen molar-refractivity contribution in [2.45, 2.75) is 6.54 Å². The summed E-state index contributed by atoms with van der Waals surface area (Å²) in [6.07, 6.45) is 5.75. The molecule has 2 aromatic heterocycles. The Morgan fingerprint density at radius 3 is 3.25 bits per heavy atom. The lowest BCUT2D eigenvalue weighted by Gasteiger charge is -2.06. The lowest BCUT2D eigenvalue weighted by atomic mass is 10.5. The predicted octanol–water partition coefficient (Wildman–Crippen LogP) is 1.55. The molecule has 2 aromatic rings. The lowest BCUT2D eigenvalue weighted by Crippen LogP contribution is -2.34. The first-order valence-electron chi connectivity index (χ1n) is 4.83. The van der Waals surface area contributed by atoms with E-state index in [0.717, 1.165) is 10.7 Å². The third-order valence-corrected chi connectivity index (χ3v) is 3.04. The predicted molar refractivity (Wildman–Crippen MR) is 70.7 cm³/mol. The minimum Gasteiger partial charge on any atom is -0.359 e. The Hall–Kier alpha value is -1.40. The van der Waals surface area contributed by atoms with Gasteiger partial charge in [-0.15, -0.1) is 17.9 Å². The zero-order chi connectivity index (χ0) is 11.4. The monoisotopic (exact) mass is 252 g/mol. The SMILES string of the molecule is C=CCNC(=S)NCc1cn2ccsc2n1. The van der Waals surface area contributed by atoms with E-state index in [-0.39, 0.29) is 0 Å². The van der Waals surface area contributed by atoms with E-state index in [1.165, 1.54) is 0 Å². The largest absolute Gasteiger partial charge is 0.359 e. The molecule has 0 radical (unpaired) electrons. The molecule has 0 spiro atoms. The van der Waals surface area contributed by atoms with Crippen molar-refractivity contribution in [1.82, 2.24) is 20.0 Å². The Labute approximate surface area is 103 Å².